The van der Waals surface area contributed by atoms with Crippen molar-refractivity contribution in [2.24, 2.45) is 5.92 Å². The molecule has 0 aliphatic carbocycles. The van der Waals surface area contributed by atoms with E-state index in [2.05, 4.69) is 0 Å². The summed E-state index contributed by atoms with van der Waals surface area (Å²) in [6.07, 6.45) is 1.29. The van der Waals surface area contributed by atoms with Crippen molar-refractivity contribution < 1.29 is 24.6 Å². The van der Waals surface area contributed by atoms with Crippen molar-refractivity contribution in [3.05, 3.63) is 11.6 Å². The van der Waals surface area contributed by atoms with Crippen LogP contribution >= 0.6 is 0 Å². The molecule has 1 amide bonds. The molecule has 0 spiro atoms. The van der Waals surface area contributed by atoms with E-state index in [4.69, 9.17) is 10.2 Å². The van der Waals surface area contributed by atoms with Gasteiger partial charge in [-0.25, -0.2) is 0 Å². The van der Waals surface area contributed by atoms with Crippen molar-refractivity contribution in [2.45, 2.75) is 20.8 Å². The Labute approximate surface area is 99.5 Å². The van der Waals surface area contributed by atoms with Gasteiger partial charge < -0.3 is 15.1 Å². The van der Waals surface area contributed by atoms with Crippen LogP contribution in [0.3, 0.4) is 0 Å². The number of carbonyl (C=O) groups excluding carboxylic acids is 1. The van der Waals surface area contributed by atoms with Crippen molar-refractivity contribution in [1.82, 2.24) is 4.90 Å². The molecule has 0 aliphatic heterocycles. The SMILES string of the molecule is CC(C)=CC(=O)N(CC(=O)O)CC(C)C(=O)O. The van der Waals surface area contributed by atoms with Crippen molar-refractivity contribution >= 4 is 17.8 Å². The highest BCUT2D eigenvalue weighted by Gasteiger charge is 2.21. The molecule has 0 aromatic rings. The Morgan fingerprint density at radius 2 is 1.76 bits per heavy atom. The maximum absolute atomic E-state index is 11.6. The highest BCUT2D eigenvalue weighted by Crippen LogP contribution is 2.03. The Morgan fingerprint density at radius 1 is 1.24 bits per heavy atom. The highest BCUT2D eigenvalue weighted by molar-refractivity contribution is 5.90. The normalized spacial score (nSPS) is 11.5. The summed E-state index contributed by atoms with van der Waals surface area (Å²) in [7, 11) is 0. The summed E-state index contributed by atoms with van der Waals surface area (Å²) in [6.45, 7) is 4.21. The van der Waals surface area contributed by atoms with Crippen molar-refractivity contribution in [3.8, 4) is 0 Å². The van der Waals surface area contributed by atoms with Crippen molar-refractivity contribution in [1.29, 1.82) is 0 Å². The van der Waals surface area contributed by atoms with Crippen LogP contribution in [-0.4, -0.2) is 46.0 Å². The number of aliphatic carboxylic acids is 2. The van der Waals surface area contributed by atoms with Crippen LogP contribution in [0.15, 0.2) is 11.6 Å². The molecule has 0 saturated heterocycles. The smallest absolute Gasteiger partial charge is 0.323 e. The predicted octanol–water partition coefficient (Wildman–Crippen LogP) is 0.586. The minimum atomic E-state index is -1.17. The zero-order chi connectivity index (χ0) is 13.6. The van der Waals surface area contributed by atoms with Gasteiger partial charge in [0.1, 0.15) is 6.54 Å². The van der Waals surface area contributed by atoms with E-state index in [0.717, 1.165) is 10.5 Å². The van der Waals surface area contributed by atoms with Crippen LogP contribution < -0.4 is 0 Å². The largest absolute Gasteiger partial charge is 0.481 e. The molecule has 0 aliphatic rings. The number of hydrogen-bond donors (Lipinski definition) is 2. The second kappa shape index (κ2) is 6.67. The molecule has 6 nitrogen and oxygen atoms in total. The lowest BCUT2D eigenvalue weighted by molar-refractivity contribution is -0.147. The molecule has 96 valence electrons. The van der Waals surface area contributed by atoms with E-state index >= 15 is 0 Å². The number of hydrogen-bond acceptors (Lipinski definition) is 3. The number of carbonyl (C=O) groups is 3. The second-order valence-electron chi connectivity index (χ2n) is 4.07. The van der Waals surface area contributed by atoms with E-state index in [-0.39, 0.29) is 6.54 Å². The maximum Gasteiger partial charge on any atom is 0.323 e. The first-order valence-electron chi connectivity index (χ1n) is 5.12. The first kappa shape index (κ1) is 15.2. The molecule has 17 heavy (non-hydrogen) atoms. The average Bonchev–Trinajstić information content (AvgIpc) is 2.14. The van der Waals surface area contributed by atoms with E-state index in [9.17, 15) is 14.4 Å². The molecule has 1 atom stereocenters. The van der Waals surface area contributed by atoms with Crippen molar-refractivity contribution in [2.75, 3.05) is 13.1 Å². The Bertz CT molecular complexity index is 344. The van der Waals surface area contributed by atoms with E-state index < -0.39 is 30.3 Å². The fourth-order valence-electron chi connectivity index (χ4n) is 1.14. The minimum absolute atomic E-state index is 0.121. The zero-order valence-electron chi connectivity index (χ0n) is 10.1. The van der Waals surface area contributed by atoms with Gasteiger partial charge in [0.15, 0.2) is 0 Å². The summed E-state index contributed by atoms with van der Waals surface area (Å²) in [5.74, 6) is -3.52. The standard InChI is InChI=1S/C11H17NO5/c1-7(2)4-9(13)12(6-10(14)15)5-8(3)11(16)17/h4,8H,5-6H2,1-3H3,(H,14,15)(H,16,17). The molecule has 2 N–H and O–H groups in total. The summed E-state index contributed by atoms with van der Waals surface area (Å²) < 4.78 is 0. The monoisotopic (exact) mass is 243 g/mol. The van der Waals surface area contributed by atoms with Crippen LogP contribution in [0, 0.1) is 5.92 Å². The van der Waals surface area contributed by atoms with Gasteiger partial charge in [-0.15, -0.1) is 0 Å². The van der Waals surface area contributed by atoms with E-state index in [1.807, 2.05) is 0 Å². The number of amides is 1. The number of nitrogens with zero attached hydrogens (tertiary/aromatic N) is 1. The average molecular weight is 243 g/mol. The zero-order valence-corrected chi connectivity index (χ0v) is 10.1. The topological polar surface area (TPSA) is 94.9 Å². The number of rotatable bonds is 6. The Hall–Kier alpha value is -1.85. The predicted molar refractivity (Wildman–Crippen MR) is 60.4 cm³/mol. The third kappa shape index (κ3) is 6.34. The maximum atomic E-state index is 11.6. The van der Waals surface area contributed by atoms with E-state index in [1.165, 1.54) is 13.0 Å². The molecule has 1 unspecified atom stereocenters. The molecule has 0 heterocycles. The van der Waals surface area contributed by atoms with Crippen LogP contribution in [0.5, 0.6) is 0 Å². The fraction of sp³-hybridized carbons (Fsp3) is 0.545. The molecule has 0 aromatic carbocycles. The quantitative estimate of drug-likeness (QED) is 0.665. The molecule has 0 rings (SSSR count). The van der Waals surface area contributed by atoms with Gasteiger partial charge in [0, 0.05) is 12.6 Å². The van der Waals surface area contributed by atoms with Crippen LogP contribution in [0.2, 0.25) is 0 Å². The molecule has 0 bridgehead atoms. The van der Waals surface area contributed by atoms with E-state index in [1.54, 1.807) is 13.8 Å². The third-order valence-corrected chi connectivity index (χ3v) is 1.97. The second-order valence-corrected chi connectivity index (χ2v) is 4.07. The Kier molecular flexibility index (Phi) is 5.95. The van der Waals surface area contributed by atoms with Crippen LogP contribution in [0.25, 0.3) is 0 Å². The van der Waals surface area contributed by atoms with E-state index in [0.29, 0.717) is 0 Å². The summed E-state index contributed by atoms with van der Waals surface area (Å²) >= 11 is 0. The summed E-state index contributed by atoms with van der Waals surface area (Å²) in [6, 6.07) is 0. The van der Waals surface area contributed by atoms with Crippen molar-refractivity contribution in [3.63, 3.8) is 0 Å². The van der Waals surface area contributed by atoms with Gasteiger partial charge in [-0.3, -0.25) is 14.4 Å². The number of carboxylic acid groups (broad SMARTS) is 2. The fourth-order valence-corrected chi connectivity index (χ4v) is 1.14. The lowest BCUT2D eigenvalue weighted by Gasteiger charge is -2.21. The minimum Gasteiger partial charge on any atom is -0.481 e. The van der Waals surface area contributed by atoms with Gasteiger partial charge in [-0.05, 0) is 13.8 Å². The number of allylic oxidation sites excluding steroid dienone is 1. The molecular weight excluding hydrogens is 226 g/mol. The van der Waals surface area contributed by atoms with Crippen LogP contribution in [0.4, 0.5) is 0 Å². The molecule has 0 aromatic heterocycles. The molecule has 0 saturated carbocycles. The molecule has 0 fully saturated rings. The summed E-state index contributed by atoms with van der Waals surface area (Å²) in [5.41, 5.74) is 0.730. The van der Waals surface area contributed by atoms with Crippen LogP contribution in [0.1, 0.15) is 20.8 Å². The summed E-state index contributed by atoms with van der Waals surface area (Å²) in [4.78, 5) is 33.9. The third-order valence-electron chi connectivity index (χ3n) is 1.97. The highest BCUT2D eigenvalue weighted by atomic mass is 16.4. The summed E-state index contributed by atoms with van der Waals surface area (Å²) in [5, 5.41) is 17.4. The van der Waals surface area contributed by atoms with Gasteiger partial charge in [0.2, 0.25) is 5.91 Å². The van der Waals surface area contributed by atoms with Gasteiger partial charge in [-0.1, -0.05) is 12.5 Å². The Balaban J connectivity index is 4.76. The van der Waals surface area contributed by atoms with Crippen LogP contribution in [-0.2, 0) is 14.4 Å². The lowest BCUT2D eigenvalue weighted by Crippen LogP contribution is -2.39. The first-order chi connectivity index (χ1) is 7.73. The van der Waals surface area contributed by atoms with Gasteiger partial charge in [0.25, 0.3) is 0 Å². The number of carboxylic acids is 2. The Morgan fingerprint density at radius 3 is 2.12 bits per heavy atom. The lowest BCUT2D eigenvalue weighted by atomic mass is 10.1. The van der Waals surface area contributed by atoms with Gasteiger partial charge in [0.05, 0.1) is 5.92 Å². The molecule has 6 heteroatoms. The van der Waals surface area contributed by atoms with Gasteiger partial charge >= 0.3 is 11.9 Å². The molecular formula is C11H17NO5. The molecule has 0 radical (unpaired) electrons. The van der Waals surface area contributed by atoms with Gasteiger partial charge in [-0.2, -0.15) is 0 Å². The first-order valence-corrected chi connectivity index (χ1v) is 5.12.